The fourth-order valence-corrected chi connectivity index (χ4v) is 2.88. The molecule has 1 aromatic heterocycles. The number of carbonyl (C=O) groups is 1. The fraction of sp³-hybridized carbons (Fsp3) is 0.412. The van der Waals surface area contributed by atoms with Gasteiger partial charge in [-0.3, -0.25) is 9.59 Å². The molecule has 150 valence electrons. The molecule has 0 bridgehead atoms. The van der Waals surface area contributed by atoms with Crippen molar-refractivity contribution in [1.29, 1.82) is 0 Å². The normalized spacial score (nSPS) is 24.3. The van der Waals surface area contributed by atoms with E-state index in [2.05, 4.69) is 5.10 Å². The SMILES string of the molecule is COc1cccc(C(=O)Cn2c(=O)cnn([C@@H]3O[C@H](CO)[C@@H](O)[C@H]3O)c2=O)c1. The number of methoxy groups -OCH3 is 1. The molecule has 2 heterocycles. The van der Waals surface area contributed by atoms with Gasteiger partial charge in [0.15, 0.2) is 12.0 Å². The van der Waals surface area contributed by atoms with E-state index in [9.17, 15) is 24.6 Å². The summed E-state index contributed by atoms with van der Waals surface area (Å²) >= 11 is 0. The third-order valence-electron chi connectivity index (χ3n) is 4.44. The van der Waals surface area contributed by atoms with Crippen LogP contribution in [0.25, 0.3) is 0 Å². The van der Waals surface area contributed by atoms with Crippen molar-refractivity contribution >= 4 is 5.78 Å². The second kappa shape index (κ2) is 8.02. The van der Waals surface area contributed by atoms with E-state index >= 15 is 0 Å². The molecule has 0 spiro atoms. The van der Waals surface area contributed by atoms with Crippen LogP contribution in [0.4, 0.5) is 0 Å². The molecule has 1 aliphatic rings. The van der Waals surface area contributed by atoms with E-state index < -0.39 is 54.7 Å². The van der Waals surface area contributed by atoms with Crippen molar-refractivity contribution in [2.45, 2.75) is 31.1 Å². The van der Waals surface area contributed by atoms with Gasteiger partial charge in [-0.1, -0.05) is 12.1 Å². The fourth-order valence-electron chi connectivity index (χ4n) is 2.88. The smallest absolute Gasteiger partial charge is 0.350 e. The third-order valence-corrected chi connectivity index (χ3v) is 4.44. The monoisotopic (exact) mass is 393 g/mol. The highest BCUT2D eigenvalue weighted by atomic mass is 16.6. The second-order valence-electron chi connectivity index (χ2n) is 6.18. The average Bonchev–Trinajstić information content (AvgIpc) is 2.99. The second-order valence-corrected chi connectivity index (χ2v) is 6.18. The lowest BCUT2D eigenvalue weighted by Gasteiger charge is -2.17. The molecule has 1 saturated heterocycles. The largest absolute Gasteiger partial charge is 0.497 e. The molecule has 2 aromatic rings. The topological polar surface area (TPSA) is 153 Å². The van der Waals surface area contributed by atoms with Crippen LogP contribution in [0.15, 0.2) is 40.1 Å². The molecule has 4 atom stereocenters. The Hall–Kier alpha value is -2.86. The predicted molar refractivity (Wildman–Crippen MR) is 93.1 cm³/mol. The lowest BCUT2D eigenvalue weighted by Crippen LogP contribution is -2.45. The highest BCUT2D eigenvalue weighted by Gasteiger charge is 2.44. The molecular formula is C17H19N3O8. The first-order valence-corrected chi connectivity index (χ1v) is 8.35. The van der Waals surface area contributed by atoms with Gasteiger partial charge in [0.1, 0.15) is 30.3 Å². The molecule has 1 fully saturated rings. The number of ether oxygens (including phenoxy) is 2. The molecule has 1 aliphatic heterocycles. The predicted octanol–water partition coefficient (Wildman–Crippen LogP) is -2.09. The Kier molecular flexibility index (Phi) is 5.70. The van der Waals surface area contributed by atoms with E-state index in [-0.39, 0.29) is 5.56 Å². The Morgan fingerprint density at radius 3 is 2.68 bits per heavy atom. The molecule has 3 N–H and O–H groups in total. The zero-order valence-electron chi connectivity index (χ0n) is 14.8. The molecule has 28 heavy (non-hydrogen) atoms. The van der Waals surface area contributed by atoms with Crippen molar-refractivity contribution in [2.24, 2.45) is 0 Å². The molecule has 0 radical (unpaired) electrons. The van der Waals surface area contributed by atoms with Crippen molar-refractivity contribution in [2.75, 3.05) is 13.7 Å². The summed E-state index contributed by atoms with van der Waals surface area (Å²) in [5.74, 6) is -0.0751. The summed E-state index contributed by atoms with van der Waals surface area (Å²) < 4.78 is 11.6. The maximum absolute atomic E-state index is 12.7. The minimum atomic E-state index is -1.55. The maximum Gasteiger partial charge on any atom is 0.350 e. The molecule has 3 rings (SSSR count). The zero-order valence-corrected chi connectivity index (χ0v) is 14.8. The van der Waals surface area contributed by atoms with Crippen molar-refractivity contribution in [3.05, 3.63) is 56.9 Å². The highest BCUT2D eigenvalue weighted by molar-refractivity contribution is 5.96. The number of rotatable bonds is 6. The van der Waals surface area contributed by atoms with E-state index in [4.69, 9.17) is 14.6 Å². The van der Waals surface area contributed by atoms with Crippen molar-refractivity contribution < 1.29 is 29.6 Å². The maximum atomic E-state index is 12.7. The van der Waals surface area contributed by atoms with Gasteiger partial charge in [-0.05, 0) is 12.1 Å². The van der Waals surface area contributed by atoms with Crippen LogP contribution in [0, 0.1) is 0 Å². The first-order chi connectivity index (χ1) is 13.4. The van der Waals surface area contributed by atoms with Gasteiger partial charge in [0.05, 0.1) is 20.3 Å². The number of ketones is 1. The quantitative estimate of drug-likeness (QED) is 0.469. The summed E-state index contributed by atoms with van der Waals surface area (Å²) in [5.41, 5.74) is -1.58. The molecule has 0 unspecified atom stereocenters. The summed E-state index contributed by atoms with van der Waals surface area (Å²) in [7, 11) is 1.44. The first-order valence-electron chi connectivity index (χ1n) is 8.35. The molecule has 1 aromatic carbocycles. The number of carbonyl (C=O) groups excluding carboxylic acids is 1. The summed E-state index contributed by atoms with van der Waals surface area (Å²) in [4.78, 5) is 37.2. The van der Waals surface area contributed by atoms with Crippen LogP contribution in [-0.2, 0) is 11.3 Å². The number of aliphatic hydroxyl groups is 3. The number of aliphatic hydroxyl groups excluding tert-OH is 3. The van der Waals surface area contributed by atoms with Gasteiger partial charge in [0.25, 0.3) is 5.56 Å². The van der Waals surface area contributed by atoms with Crippen LogP contribution in [0.2, 0.25) is 0 Å². The van der Waals surface area contributed by atoms with Gasteiger partial charge in [-0.25, -0.2) is 9.36 Å². The summed E-state index contributed by atoms with van der Waals surface area (Å²) in [6.07, 6.45) is -4.73. The Morgan fingerprint density at radius 2 is 2.04 bits per heavy atom. The van der Waals surface area contributed by atoms with Crippen LogP contribution >= 0.6 is 0 Å². The van der Waals surface area contributed by atoms with E-state index in [0.29, 0.717) is 15.0 Å². The Bertz CT molecular complexity index is 985. The molecule has 11 nitrogen and oxygen atoms in total. The number of benzene rings is 1. The number of nitrogens with zero attached hydrogens (tertiary/aromatic N) is 3. The van der Waals surface area contributed by atoms with Gasteiger partial charge < -0.3 is 24.8 Å². The van der Waals surface area contributed by atoms with Crippen LogP contribution in [0.3, 0.4) is 0 Å². The Morgan fingerprint density at radius 1 is 1.29 bits per heavy atom. The number of aromatic nitrogens is 3. The number of hydrogen-bond acceptors (Lipinski definition) is 9. The summed E-state index contributed by atoms with van der Waals surface area (Å²) in [5, 5.41) is 32.7. The van der Waals surface area contributed by atoms with Crippen LogP contribution < -0.4 is 16.0 Å². The lowest BCUT2D eigenvalue weighted by molar-refractivity contribution is -0.0624. The van der Waals surface area contributed by atoms with Crippen molar-refractivity contribution in [1.82, 2.24) is 14.3 Å². The molecule has 11 heteroatoms. The minimum absolute atomic E-state index is 0.238. The van der Waals surface area contributed by atoms with Crippen LogP contribution in [0.1, 0.15) is 16.6 Å². The van der Waals surface area contributed by atoms with Crippen LogP contribution in [-0.4, -0.2) is 67.5 Å². The summed E-state index contributed by atoms with van der Waals surface area (Å²) in [6, 6.07) is 6.23. The van der Waals surface area contributed by atoms with Gasteiger partial charge in [0.2, 0.25) is 0 Å². The van der Waals surface area contributed by atoms with Crippen molar-refractivity contribution in [3.8, 4) is 5.75 Å². The first kappa shape index (κ1) is 19.9. The summed E-state index contributed by atoms with van der Waals surface area (Å²) in [6.45, 7) is -1.15. The number of Topliss-reactive ketones (excluding diaryl/α,β-unsaturated/α-hetero) is 1. The van der Waals surface area contributed by atoms with E-state index in [1.807, 2.05) is 0 Å². The zero-order chi connectivity index (χ0) is 20.4. The van der Waals surface area contributed by atoms with Gasteiger partial charge in [-0.2, -0.15) is 9.78 Å². The van der Waals surface area contributed by atoms with Gasteiger partial charge in [0, 0.05) is 5.56 Å². The molecule has 0 saturated carbocycles. The molecule has 0 amide bonds. The lowest BCUT2D eigenvalue weighted by atomic mass is 10.1. The van der Waals surface area contributed by atoms with Gasteiger partial charge >= 0.3 is 5.69 Å². The molecule has 0 aliphatic carbocycles. The van der Waals surface area contributed by atoms with E-state index in [1.54, 1.807) is 12.1 Å². The highest BCUT2D eigenvalue weighted by Crippen LogP contribution is 2.27. The van der Waals surface area contributed by atoms with Gasteiger partial charge in [-0.15, -0.1) is 0 Å². The average molecular weight is 393 g/mol. The number of hydrogen-bond donors (Lipinski definition) is 3. The van der Waals surface area contributed by atoms with E-state index in [0.717, 1.165) is 6.20 Å². The third kappa shape index (κ3) is 3.60. The van der Waals surface area contributed by atoms with Crippen LogP contribution in [0.5, 0.6) is 5.75 Å². The minimum Gasteiger partial charge on any atom is -0.497 e. The standard InChI is InChI=1S/C17H19N3O8/c1-27-10-4-2-3-9(5-10)11(22)7-19-13(23)6-18-20(17(19)26)16-15(25)14(24)12(8-21)28-16/h2-6,12,14-16,21,24-25H,7-8H2,1H3/t12-,14-,15-,16-/m1/s1. The molecular weight excluding hydrogens is 374 g/mol. The van der Waals surface area contributed by atoms with E-state index in [1.165, 1.54) is 19.2 Å². The Labute approximate surface area is 158 Å². The Balaban J connectivity index is 1.93. The van der Waals surface area contributed by atoms with Crippen molar-refractivity contribution in [3.63, 3.8) is 0 Å².